The molecule has 0 saturated carbocycles. The molecular formula is C17H13ClN2O5. The number of anilines is 1. The number of aryl methyl sites for hydroxylation is 1. The standard InChI is InChI=1S/C17H13ClN2O5/c1-9-2-5-13(14(6-9)20(23)24)19-16(21)15-7-10-3-4-11(18)8-12(10)17(22)25-15/h2-6,8,15H,7H2,1H3,(H,19,21). The molecule has 1 atom stereocenters. The maximum Gasteiger partial charge on any atom is 0.339 e. The Kier molecular flexibility index (Phi) is 4.41. The zero-order chi connectivity index (χ0) is 18.1. The second-order valence-electron chi connectivity index (χ2n) is 5.67. The van der Waals surface area contributed by atoms with E-state index in [2.05, 4.69) is 5.32 Å². The number of halogens is 1. The van der Waals surface area contributed by atoms with Gasteiger partial charge in [-0.3, -0.25) is 14.9 Å². The average Bonchev–Trinajstić information content (AvgIpc) is 2.56. The van der Waals surface area contributed by atoms with E-state index >= 15 is 0 Å². The Morgan fingerprint density at radius 3 is 2.80 bits per heavy atom. The maximum absolute atomic E-state index is 12.4. The monoisotopic (exact) mass is 360 g/mol. The molecule has 0 aromatic heterocycles. The first-order valence-corrected chi connectivity index (χ1v) is 7.78. The third-order valence-electron chi connectivity index (χ3n) is 3.85. The summed E-state index contributed by atoms with van der Waals surface area (Å²) in [5.74, 6) is -1.27. The molecule has 1 unspecified atom stereocenters. The molecule has 1 heterocycles. The fraction of sp³-hybridized carbons (Fsp3) is 0.176. The molecule has 1 amide bonds. The highest BCUT2D eigenvalue weighted by molar-refractivity contribution is 6.31. The van der Waals surface area contributed by atoms with Gasteiger partial charge in [0.1, 0.15) is 5.69 Å². The summed E-state index contributed by atoms with van der Waals surface area (Å²) in [7, 11) is 0. The molecule has 2 aromatic carbocycles. The van der Waals surface area contributed by atoms with Crippen LogP contribution in [0.5, 0.6) is 0 Å². The van der Waals surface area contributed by atoms with Crippen molar-refractivity contribution in [1.82, 2.24) is 0 Å². The molecule has 8 heteroatoms. The van der Waals surface area contributed by atoms with Crippen LogP contribution in [0.15, 0.2) is 36.4 Å². The van der Waals surface area contributed by atoms with Crippen molar-refractivity contribution >= 4 is 34.9 Å². The van der Waals surface area contributed by atoms with Crippen molar-refractivity contribution in [2.24, 2.45) is 0 Å². The summed E-state index contributed by atoms with van der Waals surface area (Å²) in [5, 5.41) is 14.0. The summed E-state index contributed by atoms with van der Waals surface area (Å²) in [4.78, 5) is 35.0. The number of nitrogens with zero attached hydrogens (tertiary/aromatic N) is 1. The van der Waals surface area contributed by atoms with Gasteiger partial charge in [0.2, 0.25) is 0 Å². The first-order valence-electron chi connectivity index (χ1n) is 7.40. The van der Waals surface area contributed by atoms with Crippen LogP contribution in [0.25, 0.3) is 0 Å². The van der Waals surface area contributed by atoms with Crippen LogP contribution in [0.4, 0.5) is 11.4 Å². The molecule has 7 nitrogen and oxygen atoms in total. The molecule has 1 aliphatic heterocycles. The molecule has 0 bridgehead atoms. The van der Waals surface area contributed by atoms with E-state index in [4.69, 9.17) is 16.3 Å². The predicted octanol–water partition coefficient (Wildman–Crippen LogP) is 3.28. The number of carbonyl (C=O) groups excluding carboxylic acids is 2. The number of carbonyl (C=O) groups is 2. The van der Waals surface area contributed by atoms with Crippen molar-refractivity contribution in [3.63, 3.8) is 0 Å². The summed E-state index contributed by atoms with van der Waals surface area (Å²) in [5.41, 5.74) is 1.48. The van der Waals surface area contributed by atoms with Gasteiger partial charge < -0.3 is 10.1 Å². The zero-order valence-corrected chi connectivity index (χ0v) is 13.9. The fourth-order valence-corrected chi connectivity index (χ4v) is 2.78. The Labute approximate surface area is 147 Å². The van der Waals surface area contributed by atoms with Crippen LogP contribution in [-0.4, -0.2) is 22.9 Å². The largest absolute Gasteiger partial charge is 0.448 e. The van der Waals surface area contributed by atoms with Gasteiger partial charge in [-0.05, 0) is 36.2 Å². The number of fused-ring (bicyclic) bond motifs is 1. The number of ether oxygens (including phenoxy) is 1. The summed E-state index contributed by atoms with van der Waals surface area (Å²) in [6.45, 7) is 1.71. The van der Waals surface area contributed by atoms with Crippen LogP contribution in [0.3, 0.4) is 0 Å². The van der Waals surface area contributed by atoms with E-state index in [0.717, 1.165) is 0 Å². The molecular weight excluding hydrogens is 348 g/mol. The summed E-state index contributed by atoms with van der Waals surface area (Å²) < 4.78 is 5.15. The normalized spacial score (nSPS) is 15.9. The Hall–Kier alpha value is -2.93. The molecule has 0 spiro atoms. The zero-order valence-electron chi connectivity index (χ0n) is 13.1. The van der Waals surface area contributed by atoms with E-state index in [9.17, 15) is 19.7 Å². The van der Waals surface area contributed by atoms with Crippen LogP contribution in [-0.2, 0) is 16.0 Å². The Bertz CT molecular complexity index is 897. The second kappa shape index (κ2) is 6.52. The van der Waals surface area contributed by atoms with Crippen LogP contribution in [0.2, 0.25) is 5.02 Å². The Morgan fingerprint density at radius 2 is 2.08 bits per heavy atom. The smallest absolute Gasteiger partial charge is 0.339 e. The minimum absolute atomic E-state index is 0.0542. The van der Waals surface area contributed by atoms with Crippen LogP contribution < -0.4 is 5.32 Å². The lowest BCUT2D eigenvalue weighted by atomic mass is 9.98. The van der Waals surface area contributed by atoms with Gasteiger partial charge in [-0.1, -0.05) is 23.7 Å². The first-order chi connectivity index (χ1) is 11.8. The minimum Gasteiger partial charge on any atom is -0.448 e. The molecule has 3 rings (SSSR count). The van der Waals surface area contributed by atoms with Crippen LogP contribution in [0, 0.1) is 17.0 Å². The number of rotatable bonds is 3. The van der Waals surface area contributed by atoms with Gasteiger partial charge in [-0.25, -0.2) is 4.79 Å². The number of cyclic esters (lactones) is 1. The van der Waals surface area contributed by atoms with Crippen molar-refractivity contribution in [2.45, 2.75) is 19.4 Å². The van der Waals surface area contributed by atoms with Crippen LogP contribution >= 0.6 is 11.6 Å². The van der Waals surface area contributed by atoms with Gasteiger partial charge in [0.05, 0.1) is 10.5 Å². The van der Waals surface area contributed by atoms with E-state index in [1.54, 1.807) is 25.1 Å². The van der Waals surface area contributed by atoms with Crippen molar-refractivity contribution in [3.05, 3.63) is 68.2 Å². The SMILES string of the molecule is Cc1ccc(NC(=O)C2Cc3ccc(Cl)cc3C(=O)O2)c([N+](=O)[O-])c1. The van der Waals surface area contributed by atoms with Gasteiger partial charge in [0, 0.05) is 17.5 Å². The van der Waals surface area contributed by atoms with Crippen molar-refractivity contribution in [1.29, 1.82) is 0 Å². The van der Waals surface area contributed by atoms with Crippen molar-refractivity contribution in [2.75, 3.05) is 5.32 Å². The van der Waals surface area contributed by atoms with E-state index in [0.29, 0.717) is 21.7 Å². The molecule has 0 radical (unpaired) electrons. The minimum atomic E-state index is -1.07. The number of hydrogen-bond donors (Lipinski definition) is 1. The third-order valence-corrected chi connectivity index (χ3v) is 4.08. The van der Waals surface area contributed by atoms with Crippen LogP contribution in [0.1, 0.15) is 21.5 Å². The molecule has 1 aliphatic rings. The highest BCUT2D eigenvalue weighted by atomic mass is 35.5. The lowest BCUT2D eigenvalue weighted by molar-refractivity contribution is -0.384. The molecule has 0 aliphatic carbocycles. The van der Waals surface area contributed by atoms with Gasteiger partial charge in [0.15, 0.2) is 6.10 Å². The van der Waals surface area contributed by atoms with E-state index < -0.39 is 22.9 Å². The quantitative estimate of drug-likeness (QED) is 0.514. The van der Waals surface area contributed by atoms with Gasteiger partial charge in [-0.2, -0.15) is 0 Å². The maximum atomic E-state index is 12.4. The average molecular weight is 361 g/mol. The first kappa shape index (κ1) is 16.9. The number of benzene rings is 2. The number of esters is 1. The number of nitro benzene ring substituents is 1. The third kappa shape index (κ3) is 3.46. The Morgan fingerprint density at radius 1 is 1.32 bits per heavy atom. The molecule has 25 heavy (non-hydrogen) atoms. The van der Waals surface area contributed by atoms with Gasteiger partial charge >= 0.3 is 5.97 Å². The van der Waals surface area contributed by atoms with E-state index in [-0.39, 0.29) is 17.8 Å². The van der Waals surface area contributed by atoms with Crippen molar-refractivity contribution < 1.29 is 19.2 Å². The summed E-state index contributed by atoms with van der Waals surface area (Å²) in [6.07, 6.45) is -0.897. The lowest BCUT2D eigenvalue weighted by Gasteiger charge is -2.24. The molecule has 0 saturated heterocycles. The number of nitro groups is 1. The topological polar surface area (TPSA) is 98.5 Å². The molecule has 128 valence electrons. The predicted molar refractivity (Wildman–Crippen MR) is 90.8 cm³/mol. The second-order valence-corrected chi connectivity index (χ2v) is 6.10. The molecule has 1 N–H and O–H groups in total. The molecule has 0 fully saturated rings. The van der Waals surface area contributed by atoms with Gasteiger partial charge in [0.25, 0.3) is 11.6 Å². The van der Waals surface area contributed by atoms with Gasteiger partial charge in [-0.15, -0.1) is 0 Å². The Balaban J connectivity index is 1.82. The number of amides is 1. The summed E-state index contributed by atoms with van der Waals surface area (Å²) >= 11 is 5.86. The highest BCUT2D eigenvalue weighted by Crippen LogP contribution is 2.28. The fourth-order valence-electron chi connectivity index (χ4n) is 2.61. The number of nitrogens with one attached hydrogen (secondary N) is 1. The molecule has 2 aromatic rings. The van der Waals surface area contributed by atoms with E-state index in [1.807, 2.05) is 0 Å². The van der Waals surface area contributed by atoms with Crippen molar-refractivity contribution in [3.8, 4) is 0 Å². The lowest BCUT2D eigenvalue weighted by Crippen LogP contribution is -2.38. The number of hydrogen-bond acceptors (Lipinski definition) is 5. The summed E-state index contributed by atoms with van der Waals surface area (Å²) in [6, 6.07) is 9.22. The van der Waals surface area contributed by atoms with E-state index in [1.165, 1.54) is 18.2 Å². The highest BCUT2D eigenvalue weighted by Gasteiger charge is 2.32.